The van der Waals surface area contributed by atoms with Gasteiger partial charge in [-0.05, 0) is 32.0 Å². The molecule has 0 aliphatic heterocycles. The van der Waals surface area contributed by atoms with E-state index in [0.29, 0.717) is 5.16 Å². The number of nitrogens with zero attached hydrogens (tertiary/aromatic N) is 4. The molecule has 1 aromatic carbocycles. The van der Waals surface area contributed by atoms with E-state index in [1.165, 1.54) is 11.8 Å². The Labute approximate surface area is 161 Å². The van der Waals surface area contributed by atoms with Crippen molar-refractivity contribution in [3.8, 4) is 11.4 Å². The van der Waals surface area contributed by atoms with Gasteiger partial charge in [-0.1, -0.05) is 30.0 Å². The van der Waals surface area contributed by atoms with Crippen LogP contribution >= 0.6 is 11.8 Å². The van der Waals surface area contributed by atoms with Gasteiger partial charge in [0.2, 0.25) is 0 Å². The van der Waals surface area contributed by atoms with Crippen LogP contribution in [-0.2, 0) is 7.05 Å². The number of hydrogen-bond donors (Lipinski definition) is 1. The molecule has 0 saturated carbocycles. The van der Waals surface area contributed by atoms with Gasteiger partial charge in [-0.2, -0.15) is 0 Å². The largest absolute Gasteiger partial charge is 0.358 e. The minimum absolute atomic E-state index is 0.0841. The van der Waals surface area contributed by atoms with Crippen LogP contribution in [-0.4, -0.2) is 35.8 Å². The number of rotatable bonds is 5. The molecule has 0 aliphatic rings. The molecule has 0 unspecified atom stereocenters. The lowest BCUT2D eigenvalue weighted by molar-refractivity contribution is 0.0995. The molecule has 1 N–H and O–H groups in total. The van der Waals surface area contributed by atoms with Crippen molar-refractivity contribution >= 4 is 28.4 Å². The maximum absolute atomic E-state index is 13.1. The average Bonchev–Trinajstić information content (AvgIpc) is 3.21. The summed E-state index contributed by atoms with van der Waals surface area (Å²) in [5.41, 5.74) is 3.52. The predicted molar refractivity (Wildman–Crippen MR) is 107 cm³/mol. The van der Waals surface area contributed by atoms with Crippen molar-refractivity contribution in [3.05, 3.63) is 60.0 Å². The third-order valence-corrected chi connectivity index (χ3v) is 5.68. The number of hydrogen-bond acceptors (Lipinski definition) is 5. The number of H-pyrrole nitrogens is 1. The van der Waals surface area contributed by atoms with E-state index in [-0.39, 0.29) is 11.0 Å². The van der Waals surface area contributed by atoms with Crippen LogP contribution in [0.1, 0.15) is 23.0 Å². The number of benzene rings is 1. The van der Waals surface area contributed by atoms with E-state index in [1.807, 2.05) is 61.9 Å². The maximum Gasteiger partial charge on any atom is 0.191 e. The number of nitrogens with one attached hydrogen (secondary N) is 1. The normalized spacial score (nSPS) is 12.4. The van der Waals surface area contributed by atoms with Crippen molar-refractivity contribution in [2.24, 2.45) is 7.05 Å². The second kappa shape index (κ2) is 7.00. The Morgan fingerprint density at radius 3 is 2.78 bits per heavy atom. The quantitative estimate of drug-likeness (QED) is 0.420. The van der Waals surface area contributed by atoms with Crippen LogP contribution in [0.2, 0.25) is 0 Å². The van der Waals surface area contributed by atoms with E-state index in [1.54, 1.807) is 12.4 Å². The van der Waals surface area contributed by atoms with Gasteiger partial charge >= 0.3 is 0 Å². The molecular weight excluding hydrogens is 358 g/mol. The molecule has 0 amide bonds. The van der Waals surface area contributed by atoms with Crippen LogP contribution in [0, 0.1) is 6.92 Å². The van der Waals surface area contributed by atoms with Crippen molar-refractivity contribution in [1.29, 1.82) is 0 Å². The lowest BCUT2D eigenvalue weighted by Gasteiger charge is -2.10. The standard InChI is InChI=1S/C20H19N5OS/c1-12-17(15-8-4-5-9-16(15)22-12)18(26)13(2)27-20-24-23-19(25(20)3)14-7-6-10-21-11-14/h4-11,13,22H,1-3H3/t13-/m1/s1. The molecule has 4 aromatic rings. The molecule has 1 atom stereocenters. The topological polar surface area (TPSA) is 76.5 Å². The molecule has 0 fully saturated rings. The third kappa shape index (κ3) is 3.14. The first-order chi connectivity index (χ1) is 13.1. The van der Waals surface area contributed by atoms with Crippen LogP contribution in [0.3, 0.4) is 0 Å². The zero-order valence-corrected chi connectivity index (χ0v) is 16.1. The average molecular weight is 377 g/mol. The Bertz CT molecular complexity index is 1120. The van der Waals surface area contributed by atoms with Gasteiger partial charge in [0.1, 0.15) is 0 Å². The van der Waals surface area contributed by atoms with E-state index in [0.717, 1.165) is 33.5 Å². The highest BCUT2D eigenvalue weighted by molar-refractivity contribution is 8.00. The van der Waals surface area contributed by atoms with Crippen molar-refractivity contribution in [2.45, 2.75) is 24.3 Å². The number of fused-ring (bicyclic) bond motifs is 1. The molecule has 4 rings (SSSR count). The SMILES string of the molecule is Cc1[nH]c2ccccc2c1C(=O)[C@@H](C)Sc1nnc(-c2cccnc2)n1C. The first-order valence-corrected chi connectivity index (χ1v) is 9.52. The van der Waals surface area contributed by atoms with E-state index < -0.39 is 0 Å². The third-order valence-electron chi connectivity index (χ3n) is 4.55. The van der Waals surface area contributed by atoms with Crippen molar-refractivity contribution in [2.75, 3.05) is 0 Å². The lowest BCUT2D eigenvalue weighted by atomic mass is 10.1. The smallest absolute Gasteiger partial charge is 0.191 e. The highest BCUT2D eigenvalue weighted by Gasteiger charge is 2.24. The fourth-order valence-electron chi connectivity index (χ4n) is 3.17. The summed E-state index contributed by atoms with van der Waals surface area (Å²) in [6, 6.07) is 11.7. The zero-order valence-electron chi connectivity index (χ0n) is 15.3. The van der Waals surface area contributed by atoms with Crippen LogP contribution < -0.4 is 0 Å². The number of pyridine rings is 1. The Kier molecular flexibility index (Phi) is 4.53. The van der Waals surface area contributed by atoms with Gasteiger partial charge in [0, 0.05) is 47.2 Å². The lowest BCUT2D eigenvalue weighted by Crippen LogP contribution is -2.15. The van der Waals surface area contributed by atoms with Gasteiger partial charge in [-0.15, -0.1) is 10.2 Å². The Morgan fingerprint density at radius 1 is 1.19 bits per heavy atom. The van der Waals surface area contributed by atoms with Crippen molar-refractivity contribution in [1.82, 2.24) is 24.7 Å². The highest BCUT2D eigenvalue weighted by atomic mass is 32.2. The van der Waals surface area contributed by atoms with Crippen LogP contribution in [0.25, 0.3) is 22.3 Å². The summed E-state index contributed by atoms with van der Waals surface area (Å²) in [5, 5.41) is 9.91. The summed E-state index contributed by atoms with van der Waals surface area (Å²) in [5.74, 6) is 0.814. The Balaban J connectivity index is 1.61. The summed E-state index contributed by atoms with van der Waals surface area (Å²) in [7, 11) is 1.90. The number of para-hydroxylation sites is 1. The van der Waals surface area contributed by atoms with Crippen LogP contribution in [0.15, 0.2) is 53.9 Å². The van der Waals surface area contributed by atoms with E-state index in [2.05, 4.69) is 20.2 Å². The molecule has 27 heavy (non-hydrogen) atoms. The van der Waals surface area contributed by atoms with Gasteiger partial charge in [-0.3, -0.25) is 9.78 Å². The fraction of sp³-hybridized carbons (Fsp3) is 0.200. The number of carbonyl (C=O) groups is 1. The monoisotopic (exact) mass is 377 g/mol. The first kappa shape index (κ1) is 17.5. The van der Waals surface area contributed by atoms with Gasteiger partial charge in [0.15, 0.2) is 16.8 Å². The van der Waals surface area contributed by atoms with Crippen LogP contribution in [0.4, 0.5) is 0 Å². The molecule has 136 valence electrons. The van der Waals surface area contributed by atoms with Gasteiger partial charge in [0.05, 0.1) is 5.25 Å². The number of Topliss-reactive ketones (excluding diaryl/α,β-unsaturated/α-hetero) is 1. The van der Waals surface area contributed by atoms with Crippen LogP contribution in [0.5, 0.6) is 0 Å². The summed E-state index contributed by atoms with van der Waals surface area (Å²) in [6.45, 7) is 3.85. The number of thioether (sulfide) groups is 1. The number of aryl methyl sites for hydroxylation is 1. The maximum atomic E-state index is 13.1. The molecule has 0 radical (unpaired) electrons. The first-order valence-electron chi connectivity index (χ1n) is 8.64. The molecule has 0 spiro atoms. The van der Waals surface area contributed by atoms with E-state index in [4.69, 9.17) is 0 Å². The fourth-order valence-corrected chi connectivity index (χ4v) is 4.05. The minimum Gasteiger partial charge on any atom is -0.358 e. The number of aromatic nitrogens is 5. The Hall–Kier alpha value is -2.93. The molecule has 3 aromatic heterocycles. The molecule has 0 bridgehead atoms. The molecule has 6 nitrogen and oxygen atoms in total. The summed E-state index contributed by atoms with van der Waals surface area (Å²) in [6.07, 6.45) is 3.47. The summed E-state index contributed by atoms with van der Waals surface area (Å²) < 4.78 is 1.90. The predicted octanol–water partition coefficient (Wildman–Crippen LogP) is 4.03. The molecular formula is C20H19N5OS. The summed E-state index contributed by atoms with van der Waals surface area (Å²) in [4.78, 5) is 20.5. The molecule has 0 aliphatic carbocycles. The van der Waals surface area contributed by atoms with Gasteiger partial charge < -0.3 is 9.55 Å². The number of aromatic amines is 1. The summed E-state index contributed by atoms with van der Waals surface area (Å²) >= 11 is 1.41. The highest BCUT2D eigenvalue weighted by Crippen LogP contribution is 2.30. The molecule has 0 saturated heterocycles. The van der Waals surface area contributed by atoms with E-state index in [9.17, 15) is 4.79 Å². The zero-order chi connectivity index (χ0) is 19.0. The van der Waals surface area contributed by atoms with E-state index >= 15 is 0 Å². The second-order valence-electron chi connectivity index (χ2n) is 6.40. The van der Waals surface area contributed by atoms with Gasteiger partial charge in [0.25, 0.3) is 0 Å². The molecule has 3 heterocycles. The second-order valence-corrected chi connectivity index (χ2v) is 7.71. The van der Waals surface area contributed by atoms with Crippen molar-refractivity contribution in [3.63, 3.8) is 0 Å². The van der Waals surface area contributed by atoms with Crippen molar-refractivity contribution < 1.29 is 4.79 Å². The minimum atomic E-state index is -0.285. The number of ketones is 1. The molecule has 7 heteroatoms. The van der Waals surface area contributed by atoms with Gasteiger partial charge in [-0.25, -0.2) is 0 Å². The Morgan fingerprint density at radius 2 is 2.00 bits per heavy atom. The number of carbonyl (C=O) groups excluding carboxylic acids is 1.